The highest BCUT2D eigenvalue weighted by Gasteiger charge is 2.20. The van der Waals surface area contributed by atoms with E-state index in [1.54, 1.807) is 18.2 Å². The molecule has 2 rings (SSSR count). The number of rotatable bonds is 5. The molecule has 1 aromatic carbocycles. The van der Waals surface area contributed by atoms with E-state index in [4.69, 9.17) is 0 Å². The van der Waals surface area contributed by atoms with Crippen molar-refractivity contribution in [2.24, 2.45) is 0 Å². The summed E-state index contributed by atoms with van der Waals surface area (Å²) in [7, 11) is 0. The van der Waals surface area contributed by atoms with Gasteiger partial charge in [0, 0.05) is 11.8 Å². The number of aliphatic carboxylic acids is 1. The number of aromatic nitrogens is 2. The molecule has 2 aromatic rings. The van der Waals surface area contributed by atoms with Gasteiger partial charge in [-0.25, -0.2) is 14.8 Å². The van der Waals surface area contributed by atoms with Crippen LogP contribution >= 0.6 is 0 Å². The van der Waals surface area contributed by atoms with Gasteiger partial charge in [0.2, 0.25) is 0 Å². The summed E-state index contributed by atoms with van der Waals surface area (Å²) in [4.78, 5) is 19.7. The largest absolute Gasteiger partial charge is 0.479 e. The minimum atomic E-state index is -0.944. The third kappa shape index (κ3) is 3.32. The number of anilines is 1. The number of carboxylic acid groups (broad SMARTS) is 1. The fourth-order valence-corrected chi connectivity index (χ4v) is 1.85. The number of hydrogen-bond acceptors (Lipinski definition) is 4. The van der Waals surface area contributed by atoms with Gasteiger partial charge in [0.15, 0.2) is 6.04 Å². The van der Waals surface area contributed by atoms with Crippen molar-refractivity contribution in [2.75, 3.05) is 5.32 Å². The smallest absolute Gasteiger partial charge is 0.330 e. The van der Waals surface area contributed by atoms with Crippen LogP contribution in [0.2, 0.25) is 0 Å². The molecule has 0 saturated heterocycles. The summed E-state index contributed by atoms with van der Waals surface area (Å²) in [5.74, 6) is -0.167. The number of nitrogens with one attached hydrogen (secondary N) is 1. The van der Waals surface area contributed by atoms with E-state index in [9.17, 15) is 9.90 Å². The number of hydrogen-bond donors (Lipinski definition) is 2. The average molecular weight is 271 g/mol. The van der Waals surface area contributed by atoms with Gasteiger partial charge in [0.25, 0.3) is 0 Å². The normalized spacial score (nSPS) is 12.2. The van der Waals surface area contributed by atoms with Crippen molar-refractivity contribution in [3.05, 3.63) is 54.0 Å². The Morgan fingerprint density at radius 1 is 1.20 bits per heavy atom. The molecule has 1 atom stereocenters. The van der Waals surface area contributed by atoms with Crippen LogP contribution in [0.25, 0.3) is 0 Å². The zero-order chi connectivity index (χ0) is 14.5. The van der Waals surface area contributed by atoms with Crippen molar-refractivity contribution in [1.29, 1.82) is 0 Å². The van der Waals surface area contributed by atoms with Crippen molar-refractivity contribution < 1.29 is 9.90 Å². The van der Waals surface area contributed by atoms with Crippen molar-refractivity contribution in [3.8, 4) is 0 Å². The van der Waals surface area contributed by atoms with Gasteiger partial charge in [-0.05, 0) is 11.5 Å². The molecule has 1 heterocycles. The van der Waals surface area contributed by atoms with Gasteiger partial charge in [-0.3, -0.25) is 0 Å². The van der Waals surface area contributed by atoms with Crippen LogP contribution in [0.4, 0.5) is 5.82 Å². The molecular formula is C15H17N3O2. The van der Waals surface area contributed by atoms with E-state index in [2.05, 4.69) is 15.3 Å². The Morgan fingerprint density at radius 2 is 1.90 bits per heavy atom. The zero-order valence-corrected chi connectivity index (χ0v) is 11.4. The molecule has 0 fully saturated rings. The van der Waals surface area contributed by atoms with Crippen LogP contribution in [0.1, 0.15) is 37.1 Å². The minimum absolute atomic E-state index is 0.263. The number of carbonyl (C=O) groups is 1. The lowest BCUT2D eigenvalue weighted by molar-refractivity contribution is -0.138. The first-order valence-electron chi connectivity index (χ1n) is 6.44. The molecule has 2 N–H and O–H groups in total. The Balaban J connectivity index is 2.25. The van der Waals surface area contributed by atoms with Crippen molar-refractivity contribution in [3.63, 3.8) is 0 Å². The molecule has 0 amide bonds. The summed E-state index contributed by atoms with van der Waals surface area (Å²) in [5, 5.41) is 12.3. The Bertz CT molecular complexity index is 585. The second-order valence-corrected chi connectivity index (χ2v) is 4.81. The molecule has 5 heteroatoms. The first-order valence-corrected chi connectivity index (χ1v) is 6.44. The third-order valence-electron chi connectivity index (χ3n) is 2.95. The van der Waals surface area contributed by atoms with Gasteiger partial charge < -0.3 is 10.4 Å². The highest BCUT2D eigenvalue weighted by molar-refractivity contribution is 5.78. The molecule has 0 aliphatic heterocycles. The molecule has 1 unspecified atom stereocenters. The fraction of sp³-hybridized carbons (Fsp3) is 0.267. The van der Waals surface area contributed by atoms with E-state index in [1.165, 1.54) is 6.33 Å². The SMILES string of the molecule is CC(C)c1cc(NC(C(=O)O)c2ccccc2)ncn1. The summed E-state index contributed by atoms with van der Waals surface area (Å²) < 4.78 is 0. The summed E-state index contributed by atoms with van der Waals surface area (Å²) in [6.07, 6.45) is 1.45. The third-order valence-corrected chi connectivity index (χ3v) is 2.95. The molecule has 0 saturated carbocycles. The molecule has 1 aromatic heterocycles. The zero-order valence-electron chi connectivity index (χ0n) is 11.4. The van der Waals surface area contributed by atoms with Crippen LogP contribution in [-0.4, -0.2) is 21.0 Å². The average Bonchev–Trinajstić information content (AvgIpc) is 2.45. The van der Waals surface area contributed by atoms with E-state index < -0.39 is 12.0 Å². The molecule has 0 aliphatic carbocycles. The predicted molar refractivity (Wildman–Crippen MR) is 76.6 cm³/mol. The second kappa shape index (κ2) is 6.14. The summed E-state index contributed by atoms with van der Waals surface area (Å²) in [6, 6.07) is 9.98. The van der Waals surface area contributed by atoms with Gasteiger partial charge in [-0.2, -0.15) is 0 Å². The van der Waals surface area contributed by atoms with Crippen LogP contribution in [-0.2, 0) is 4.79 Å². The van der Waals surface area contributed by atoms with E-state index in [0.29, 0.717) is 11.4 Å². The molecule has 0 spiro atoms. The van der Waals surface area contributed by atoms with Gasteiger partial charge in [-0.15, -0.1) is 0 Å². The number of benzene rings is 1. The van der Waals surface area contributed by atoms with Crippen molar-refractivity contribution in [2.45, 2.75) is 25.8 Å². The topological polar surface area (TPSA) is 75.1 Å². The first kappa shape index (κ1) is 14.0. The summed E-state index contributed by atoms with van der Waals surface area (Å²) in [6.45, 7) is 4.05. The molecule has 0 aliphatic rings. The van der Waals surface area contributed by atoms with E-state index in [1.807, 2.05) is 32.0 Å². The molecule has 20 heavy (non-hydrogen) atoms. The molecule has 5 nitrogen and oxygen atoms in total. The Morgan fingerprint density at radius 3 is 2.50 bits per heavy atom. The van der Waals surface area contributed by atoms with Gasteiger partial charge >= 0.3 is 5.97 Å². The van der Waals surface area contributed by atoms with E-state index >= 15 is 0 Å². The van der Waals surface area contributed by atoms with Gasteiger partial charge in [0.1, 0.15) is 12.1 Å². The van der Waals surface area contributed by atoms with Crippen molar-refractivity contribution in [1.82, 2.24) is 9.97 Å². The molecule has 0 radical (unpaired) electrons. The minimum Gasteiger partial charge on any atom is -0.479 e. The van der Waals surface area contributed by atoms with Crippen molar-refractivity contribution >= 4 is 11.8 Å². The Labute approximate surface area is 117 Å². The lowest BCUT2D eigenvalue weighted by Gasteiger charge is -2.16. The van der Waals surface area contributed by atoms with Crippen LogP contribution in [0.5, 0.6) is 0 Å². The van der Waals surface area contributed by atoms with Crippen LogP contribution in [0.15, 0.2) is 42.7 Å². The monoisotopic (exact) mass is 271 g/mol. The van der Waals surface area contributed by atoms with Gasteiger partial charge in [-0.1, -0.05) is 44.2 Å². The lowest BCUT2D eigenvalue weighted by Crippen LogP contribution is -2.21. The van der Waals surface area contributed by atoms with Crippen LogP contribution in [0.3, 0.4) is 0 Å². The summed E-state index contributed by atoms with van der Waals surface area (Å²) in [5.41, 5.74) is 1.56. The maximum absolute atomic E-state index is 11.4. The Kier molecular flexibility index (Phi) is 4.30. The fourth-order valence-electron chi connectivity index (χ4n) is 1.85. The highest BCUT2D eigenvalue weighted by atomic mass is 16.4. The standard InChI is InChI=1S/C15H17N3O2/c1-10(2)12-8-13(17-9-16-12)18-14(15(19)20)11-6-4-3-5-7-11/h3-10,14H,1-2H3,(H,19,20)(H,16,17,18). The number of nitrogens with zero attached hydrogens (tertiary/aromatic N) is 2. The van der Waals surface area contributed by atoms with Gasteiger partial charge in [0.05, 0.1) is 0 Å². The van der Waals surface area contributed by atoms with Crippen LogP contribution < -0.4 is 5.32 Å². The molecule has 0 bridgehead atoms. The lowest BCUT2D eigenvalue weighted by atomic mass is 10.1. The predicted octanol–water partition coefficient (Wildman–Crippen LogP) is 2.84. The maximum Gasteiger partial charge on any atom is 0.330 e. The summed E-state index contributed by atoms with van der Waals surface area (Å²) >= 11 is 0. The van der Waals surface area contributed by atoms with E-state index in [0.717, 1.165) is 5.69 Å². The molecule has 104 valence electrons. The second-order valence-electron chi connectivity index (χ2n) is 4.81. The van der Waals surface area contributed by atoms with Crippen LogP contribution in [0, 0.1) is 0 Å². The quantitative estimate of drug-likeness (QED) is 0.874. The Hall–Kier alpha value is -2.43. The number of carboxylic acids is 1. The highest BCUT2D eigenvalue weighted by Crippen LogP contribution is 2.20. The van der Waals surface area contributed by atoms with E-state index in [-0.39, 0.29) is 5.92 Å². The molecular weight excluding hydrogens is 254 g/mol. The maximum atomic E-state index is 11.4. The first-order chi connectivity index (χ1) is 9.58.